The molecule has 0 radical (unpaired) electrons. The number of pyridine rings is 1. The first-order chi connectivity index (χ1) is 13.3. The van der Waals surface area contributed by atoms with Crippen molar-refractivity contribution in [2.75, 3.05) is 19.7 Å². The highest BCUT2D eigenvalue weighted by Gasteiger charge is 2.01. The number of aromatic nitrogens is 3. The van der Waals surface area contributed by atoms with Crippen LogP contribution in [0.15, 0.2) is 72.4 Å². The summed E-state index contributed by atoms with van der Waals surface area (Å²) in [5, 5.41) is 6.53. The molecule has 0 fully saturated rings. The molecule has 0 saturated heterocycles. The van der Waals surface area contributed by atoms with Crippen molar-refractivity contribution in [1.29, 1.82) is 0 Å². The van der Waals surface area contributed by atoms with E-state index >= 15 is 0 Å². The monoisotopic (exact) mass is 364 g/mol. The molecule has 0 aliphatic rings. The van der Waals surface area contributed by atoms with E-state index in [1.807, 2.05) is 60.2 Å². The van der Waals surface area contributed by atoms with Crippen LogP contribution in [0.25, 0.3) is 5.82 Å². The molecule has 0 amide bonds. The van der Waals surface area contributed by atoms with Gasteiger partial charge in [-0.3, -0.25) is 4.57 Å². The second-order valence-electron chi connectivity index (χ2n) is 5.78. The van der Waals surface area contributed by atoms with Crippen LogP contribution in [0.5, 0.6) is 5.75 Å². The average molecular weight is 364 g/mol. The molecule has 140 valence electrons. The molecule has 0 aliphatic carbocycles. The maximum Gasteiger partial charge on any atom is 0.191 e. The molecule has 2 aromatic heterocycles. The van der Waals surface area contributed by atoms with Crippen molar-refractivity contribution in [1.82, 2.24) is 25.2 Å². The number of guanidine groups is 1. The van der Waals surface area contributed by atoms with Crippen LogP contribution in [0.2, 0.25) is 0 Å². The van der Waals surface area contributed by atoms with Gasteiger partial charge in [0.1, 0.15) is 24.5 Å². The van der Waals surface area contributed by atoms with Crippen molar-refractivity contribution in [3.63, 3.8) is 0 Å². The summed E-state index contributed by atoms with van der Waals surface area (Å²) in [6, 6.07) is 13.8. The number of rotatable bonds is 8. The van der Waals surface area contributed by atoms with E-state index in [4.69, 9.17) is 4.74 Å². The van der Waals surface area contributed by atoms with Crippen molar-refractivity contribution in [3.8, 4) is 11.6 Å². The molecule has 0 bridgehead atoms. The number of benzene rings is 1. The third-order valence-electron chi connectivity index (χ3n) is 3.75. The number of hydrogen-bond donors (Lipinski definition) is 2. The lowest BCUT2D eigenvalue weighted by Crippen LogP contribution is -2.39. The zero-order valence-corrected chi connectivity index (χ0v) is 15.4. The molecule has 1 aromatic carbocycles. The van der Waals surface area contributed by atoms with Gasteiger partial charge in [0.05, 0.1) is 13.1 Å². The number of nitrogens with zero attached hydrogens (tertiary/aromatic N) is 4. The topological polar surface area (TPSA) is 76.4 Å². The first-order valence-electron chi connectivity index (χ1n) is 8.98. The molecule has 27 heavy (non-hydrogen) atoms. The van der Waals surface area contributed by atoms with Crippen LogP contribution in [0.4, 0.5) is 0 Å². The zero-order valence-electron chi connectivity index (χ0n) is 15.4. The van der Waals surface area contributed by atoms with Gasteiger partial charge in [-0.05, 0) is 36.8 Å². The Morgan fingerprint density at radius 3 is 2.81 bits per heavy atom. The summed E-state index contributed by atoms with van der Waals surface area (Å²) >= 11 is 0. The highest BCUT2D eigenvalue weighted by atomic mass is 16.5. The summed E-state index contributed by atoms with van der Waals surface area (Å²) in [5.41, 5.74) is 1.08. The molecule has 0 atom stereocenters. The fourth-order valence-electron chi connectivity index (χ4n) is 2.46. The van der Waals surface area contributed by atoms with Gasteiger partial charge in [-0.1, -0.05) is 18.2 Å². The summed E-state index contributed by atoms with van der Waals surface area (Å²) in [6.07, 6.45) is 7.12. The Balaban J connectivity index is 1.53. The van der Waals surface area contributed by atoms with Crippen LogP contribution in [0.3, 0.4) is 0 Å². The third kappa shape index (κ3) is 5.85. The SMILES string of the molecule is CCNC(=NCc1ccnc(-n2ccnc2)c1)NCCOc1ccccc1. The largest absolute Gasteiger partial charge is 0.492 e. The maximum atomic E-state index is 5.69. The van der Waals surface area contributed by atoms with E-state index in [9.17, 15) is 0 Å². The molecule has 7 heteroatoms. The quantitative estimate of drug-likeness (QED) is 0.365. The zero-order chi connectivity index (χ0) is 18.7. The third-order valence-corrected chi connectivity index (χ3v) is 3.75. The second-order valence-corrected chi connectivity index (χ2v) is 5.78. The van der Waals surface area contributed by atoms with Gasteiger partial charge in [0, 0.05) is 25.1 Å². The lowest BCUT2D eigenvalue weighted by Gasteiger charge is -2.12. The predicted molar refractivity (Wildman–Crippen MR) is 106 cm³/mol. The first-order valence-corrected chi connectivity index (χ1v) is 8.98. The normalized spacial score (nSPS) is 11.2. The number of imidazole rings is 1. The van der Waals surface area contributed by atoms with E-state index in [2.05, 4.69) is 25.6 Å². The summed E-state index contributed by atoms with van der Waals surface area (Å²) < 4.78 is 7.56. The summed E-state index contributed by atoms with van der Waals surface area (Å²) in [6.45, 7) is 4.62. The van der Waals surface area contributed by atoms with Crippen LogP contribution in [0, 0.1) is 0 Å². The number of hydrogen-bond acceptors (Lipinski definition) is 4. The van der Waals surface area contributed by atoms with Crippen molar-refractivity contribution >= 4 is 5.96 Å². The lowest BCUT2D eigenvalue weighted by atomic mass is 10.2. The molecule has 2 heterocycles. The van der Waals surface area contributed by atoms with Gasteiger partial charge in [-0.2, -0.15) is 0 Å². The Hall–Kier alpha value is -3.35. The Bertz CT molecular complexity index is 833. The summed E-state index contributed by atoms with van der Waals surface area (Å²) in [5.74, 6) is 2.45. The van der Waals surface area contributed by atoms with Gasteiger partial charge in [-0.15, -0.1) is 0 Å². The predicted octanol–water partition coefficient (Wildman–Crippen LogP) is 2.40. The van der Waals surface area contributed by atoms with Crippen LogP contribution in [0.1, 0.15) is 12.5 Å². The molecule has 3 rings (SSSR count). The highest BCUT2D eigenvalue weighted by Crippen LogP contribution is 2.08. The fourth-order valence-corrected chi connectivity index (χ4v) is 2.46. The van der Waals surface area contributed by atoms with Crippen LogP contribution in [-0.2, 0) is 6.54 Å². The molecule has 0 aliphatic heterocycles. The van der Waals surface area contributed by atoms with Gasteiger partial charge in [-0.25, -0.2) is 15.0 Å². The van der Waals surface area contributed by atoms with Crippen LogP contribution in [-0.4, -0.2) is 40.2 Å². The van der Waals surface area contributed by atoms with E-state index in [1.165, 1.54) is 0 Å². The highest BCUT2D eigenvalue weighted by molar-refractivity contribution is 5.79. The minimum Gasteiger partial charge on any atom is -0.492 e. The summed E-state index contributed by atoms with van der Waals surface area (Å²) in [7, 11) is 0. The Morgan fingerprint density at radius 2 is 2.04 bits per heavy atom. The number of nitrogens with one attached hydrogen (secondary N) is 2. The molecule has 2 N–H and O–H groups in total. The van der Waals surface area contributed by atoms with Crippen molar-refractivity contribution in [2.45, 2.75) is 13.5 Å². The number of aliphatic imine (C=N–C) groups is 1. The average Bonchev–Trinajstić information content (AvgIpc) is 3.25. The van der Waals surface area contributed by atoms with Gasteiger partial charge in [0.15, 0.2) is 5.96 Å². The molecule has 3 aromatic rings. The van der Waals surface area contributed by atoms with Crippen molar-refractivity contribution in [3.05, 3.63) is 72.9 Å². The fraction of sp³-hybridized carbons (Fsp3) is 0.250. The van der Waals surface area contributed by atoms with Gasteiger partial charge < -0.3 is 15.4 Å². The Kier molecular flexibility index (Phi) is 6.80. The van der Waals surface area contributed by atoms with Gasteiger partial charge in [0.2, 0.25) is 0 Å². The molecule has 0 saturated carbocycles. The molecular weight excluding hydrogens is 340 g/mol. The minimum atomic E-state index is 0.555. The summed E-state index contributed by atoms with van der Waals surface area (Å²) in [4.78, 5) is 13.1. The van der Waals surface area contributed by atoms with Crippen LogP contribution < -0.4 is 15.4 Å². The lowest BCUT2D eigenvalue weighted by molar-refractivity contribution is 0.322. The van der Waals surface area contributed by atoms with E-state index in [0.29, 0.717) is 19.7 Å². The first kappa shape index (κ1) is 18.4. The Morgan fingerprint density at radius 1 is 1.15 bits per heavy atom. The van der Waals surface area contributed by atoms with E-state index in [1.54, 1.807) is 18.7 Å². The van der Waals surface area contributed by atoms with Gasteiger partial charge >= 0.3 is 0 Å². The standard InChI is InChI=1S/C20H24N6O/c1-2-22-20(24-11-13-27-18-6-4-3-5-7-18)25-15-17-8-9-23-19(14-17)26-12-10-21-16-26/h3-10,12,14,16H,2,11,13,15H2,1H3,(H2,22,24,25). The van der Waals surface area contributed by atoms with E-state index in [0.717, 1.165) is 29.6 Å². The number of ether oxygens (including phenoxy) is 1. The molecule has 0 spiro atoms. The van der Waals surface area contributed by atoms with E-state index < -0.39 is 0 Å². The van der Waals surface area contributed by atoms with Crippen molar-refractivity contribution in [2.24, 2.45) is 4.99 Å². The van der Waals surface area contributed by atoms with Crippen LogP contribution >= 0.6 is 0 Å². The van der Waals surface area contributed by atoms with Crippen molar-refractivity contribution < 1.29 is 4.74 Å². The minimum absolute atomic E-state index is 0.555. The smallest absolute Gasteiger partial charge is 0.191 e. The molecule has 0 unspecified atom stereocenters. The second kappa shape index (κ2) is 9.96. The number of para-hydroxylation sites is 1. The molecule has 7 nitrogen and oxygen atoms in total. The van der Waals surface area contributed by atoms with E-state index in [-0.39, 0.29) is 0 Å². The molecular formula is C20H24N6O. The maximum absolute atomic E-state index is 5.69. The Labute approximate surface area is 159 Å². The van der Waals surface area contributed by atoms with Gasteiger partial charge in [0.25, 0.3) is 0 Å².